The summed E-state index contributed by atoms with van der Waals surface area (Å²) in [6, 6.07) is 4.00. The van der Waals surface area contributed by atoms with E-state index >= 15 is 0 Å². The molecule has 0 spiro atoms. The van der Waals surface area contributed by atoms with Gasteiger partial charge in [0.25, 0.3) is 0 Å². The van der Waals surface area contributed by atoms with Crippen molar-refractivity contribution in [1.29, 1.82) is 0 Å². The molecule has 2 unspecified atom stereocenters. The largest absolute Gasteiger partial charge is 0.397 e. The van der Waals surface area contributed by atoms with Crippen molar-refractivity contribution in [3.05, 3.63) is 24.0 Å². The maximum absolute atomic E-state index is 12.9. The molecule has 2 atom stereocenters. The van der Waals surface area contributed by atoms with E-state index in [1.165, 1.54) is 24.6 Å². The van der Waals surface area contributed by atoms with Crippen LogP contribution in [0.5, 0.6) is 0 Å². The quantitative estimate of drug-likeness (QED) is 0.839. The van der Waals surface area contributed by atoms with Gasteiger partial charge in [-0.1, -0.05) is 13.8 Å². The van der Waals surface area contributed by atoms with Crippen molar-refractivity contribution in [3.63, 3.8) is 0 Å². The van der Waals surface area contributed by atoms with E-state index in [1.54, 1.807) is 0 Å². The third-order valence-corrected chi connectivity index (χ3v) is 3.89. The fourth-order valence-electron chi connectivity index (χ4n) is 3.09. The lowest BCUT2D eigenvalue weighted by atomic mass is 9.92. The van der Waals surface area contributed by atoms with E-state index < -0.39 is 5.82 Å². The predicted molar refractivity (Wildman–Crippen MR) is 83.4 cm³/mol. The number of likely N-dealkylation sites (tertiary alicyclic amines) is 1. The third kappa shape index (κ3) is 4.70. The summed E-state index contributed by atoms with van der Waals surface area (Å²) in [6.07, 6.45) is 1.69. The molecule has 0 aliphatic carbocycles. The van der Waals surface area contributed by atoms with E-state index in [0.29, 0.717) is 23.9 Å². The first-order valence-corrected chi connectivity index (χ1v) is 7.51. The first kappa shape index (κ1) is 15.8. The predicted octanol–water partition coefficient (Wildman–Crippen LogP) is 2.71. The SMILES string of the molecule is CC1CC(C)CN(CCC(=O)Nc2ccc(F)cc2N)C1. The second-order valence-electron chi connectivity index (χ2n) is 6.24. The van der Waals surface area contributed by atoms with E-state index in [1.807, 2.05) is 0 Å². The van der Waals surface area contributed by atoms with E-state index in [0.717, 1.165) is 19.6 Å². The highest BCUT2D eigenvalue weighted by atomic mass is 19.1. The molecule has 21 heavy (non-hydrogen) atoms. The molecule has 1 heterocycles. The van der Waals surface area contributed by atoms with Gasteiger partial charge in [-0.25, -0.2) is 4.39 Å². The van der Waals surface area contributed by atoms with Crippen molar-refractivity contribution in [2.75, 3.05) is 30.7 Å². The van der Waals surface area contributed by atoms with Crippen molar-refractivity contribution in [1.82, 2.24) is 4.90 Å². The van der Waals surface area contributed by atoms with Crippen LogP contribution in [0.1, 0.15) is 26.7 Å². The molecule has 0 bridgehead atoms. The van der Waals surface area contributed by atoms with E-state index in [4.69, 9.17) is 5.73 Å². The van der Waals surface area contributed by atoms with Gasteiger partial charge in [-0.3, -0.25) is 4.79 Å². The molecule has 3 N–H and O–H groups in total. The van der Waals surface area contributed by atoms with Gasteiger partial charge in [-0.05, 0) is 36.5 Å². The summed E-state index contributed by atoms with van der Waals surface area (Å²) in [5, 5.41) is 2.74. The Hall–Kier alpha value is -1.62. The van der Waals surface area contributed by atoms with Crippen LogP contribution < -0.4 is 11.1 Å². The van der Waals surface area contributed by atoms with E-state index in [-0.39, 0.29) is 11.6 Å². The fourth-order valence-corrected chi connectivity index (χ4v) is 3.09. The van der Waals surface area contributed by atoms with Gasteiger partial charge < -0.3 is 16.0 Å². The number of hydrogen-bond donors (Lipinski definition) is 2. The number of carbonyl (C=O) groups is 1. The standard InChI is InChI=1S/C16H24FN3O/c1-11-7-12(2)10-20(9-11)6-5-16(21)19-15-4-3-13(17)8-14(15)18/h3-4,8,11-12H,5-7,9-10,18H2,1-2H3,(H,19,21). The van der Waals surface area contributed by atoms with Crippen LogP contribution in [0.2, 0.25) is 0 Å². The van der Waals surface area contributed by atoms with Gasteiger partial charge in [-0.2, -0.15) is 0 Å². The van der Waals surface area contributed by atoms with Crippen LogP contribution in [0.3, 0.4) is 0 Å². The maximum Gasteiger partial charge on any atom is 0.225 e. The minimum atomic E-state index is -0.401. The molecule has 0 radical (unpaired) electrons. The first-order valence-electron chi connectivity index (χ1n) is 7.51. The van der Waals surface area contributed by atoms with Crippen molar-refractivity contribution in [2.24, 2.45) is 11.8 Å². The van der Waals surface area contributed by atoms with Crippen LogP contribution in [-0.4, -0.2) is 30.4 Å². The number of rotatable bonds is 4. The van der Waals surface area contributed by atoms with Gasteiger partial charge in [0.1, 0.15) is 5.82 Å². The van der Waals surface area contributed by atoms with Crippen LogP contribution in [0.25, 0.3) is 0 Å². The zero-order valence-electron chi connectivity index (χ0n) is 12.7. The van der Waals surface area contributed by atoms with Crippen LogP contribution in [0.4, 0.5) is 15.8 Å². The average molecular weight is 293 g/mol. The molecule has 2 rings (SSSR count). The molecular weight excluding hydrogens is 269 g/mol. The van der Waals surface area contributed by atoms with Crippen LogP contribution in [0, 0.1) is 17.7 Å². The van der Waals surface area contributed by atoms with Crippen molar-refractivity contribution in [3.8, 4) is 0 Å². The zero-order valence-corrected chi connectivity index (χ0v) is 12.7. The normalized spacial score (nSPS) is 23.0. The van der Waals surface area contributed by atoms with Crippen LogP contribution in [-0.2, 0) is 4.79 Å². The number of carbonyl (C=O) groups excluding carboxylic acids is 1. The molecule has 1 amide bonds. The number of nitrogens with zero attached hydrogens (tertiary/aromatic N) is 1. The molecule has 0 saturated carbocycles. The van der Waals surface area contributed by atoms with Crippen molar-refractivity contribution < 1.29 is 9.18 Å². The summed E-state index contributed by atoms with van der Waals surface area (Å²) in [4.78, 5) is 14.3. The molecule has 1 aliphatic heterocycles. The van der Waals surface area contributed by atoms with Crippen LogP contribution >= 0.6 is 0 Å². The number of hydrogen-bond acceptors (Lipinski definition) is 3. The summed E-state index contributed by atoms with van der Waals surface area (Å²) in [5.41, 5.74) is 6.41. The number of anilines is 2. The Kier molecular flexibility index (Phi) is 5.17. The smallest absolute Gasteiger partial charge is 0.225 e. The summed E-state index contributed by atoms with van der Waals surface area (Å²) in [7, 11) is 0. The van der Waals surface area contributed by atoms with Crippen molar-refractivity contribution >= 4 is 17.3 Å². The number of nitrogen functional groups attached to an aromatic ring is 1. The minimum Gasteiger partial charge on any atom is -0.397 e. The molecular formula is C16H24FN3O. The molecule has 1 aromatic carbocycles. The molecule has 5 heteroatoms. The molecule has 0 aromatic heterocycles. The highest BCUT2D eigenvalue weighted by Crippen LogP contribution is 2.22. The topological polar surface area (TPSA) is 58.4 Å². The fraction of sp³-hybridized carbons (Fsp3) is 0.562. The number of halogens is 1. The van der Waals surface area contributed by atoms with Gasteiger partial charge in [0, 0.05) is 26.1 Å². The summed E-state index contributed by atoms with van der Waals surface area (Å²) in [6.45, 7) is 7.36. The number of nitrogens with two attached hydrogens (primary N) is 1. The van der Waals surface area contributed by atoms with Crippen LogP contribution in [0.15, 0.2) is 18.2 Å². The monoisotopic (exact) mass is 293 g/mol. The Balaban J connectivity index is 1.82. The minimum absolute atomic E-state index is 0.0841. The molecule has 4 nitrogen and oxygen atoms in total. The zero-order chi connectivity index (χ0) is 15.4. The second-order valence-corrected chi connectivity index (χ2v) is 6.24. The Bertz CT molecular complexity index is 496. The lowest BCUT2D eigenvalue weighted by Crippen LogP contribution is -2.40. The average Bonchev–Trinajstić information content (AvgIpc) is 2.39. The summed E-state index contributed by atoms with van der Waals surface area (Å²) >= 11 is 0. The number of amides is 1. The Morgan fingerprint density at radius 2 is 2.05 bits per heavy atom. The van der Waals surface area contributed by atoms with Gasteiger partial charge in [0.05, 0.1) is 11.4 Å². The van der Waals surface area contributed by atoms with E-state index in [9.17, 15) is 9.18 Å². The van der Waals surface area contributed by atoms with Gasteiger partial charge in [-0.15, -0.1) is 0 Å². The number of nitrogens with one attached hydrogen (secondary N) is 1. The van der Waals surface area contributed by atoms with Gasteiger partial charge >= 0.3 is 0 Å². The molecule has 1 fully saturated rings. The summed E-state index contributed by atoms with van der Waals surface area (Å²) in [5.74, 6) is 0.884. The van der Waals surface area contributed by atoms with Gasteiger partial charge in [0.15, 0.2) is 0 Å². The molecule has 116 valence electrons. The highest BCUT2D eigenvalue weighted by molar-refractivity contribution is 5.93. The maximum atomic E-state index is 12.9. The Morgan fingerprint density at radius 1 is 1.38 bits per heavy atom. The highest BCUT2D eigenvalue weighted by Gasteiger charge is 2.21. The van der Waals surface area contributed by atoms with Crippen molar-refractivity contribution in [2.45, 2.75) is 26.7 Å². The molecule has 1 aromatic rings. The van der Waals surface area contributed by atoms with Gasteiger partial charge in [0.2, 0.25) is 5.91 Å². The summed E-state index contributed by atoms with van der Waals surface area (Å²) < 4.78 is 12.9. The third-order valence-electron chi connectivity index (χ3n) is 3.89. The second kappa shape index (κ2) is 6.89. The number of piperidine rings is 1. The lowest BCUT2D eigenvalue weighted by molar-refractivity contribution is -0.116. The lowest BCUT2D eigenvalue weighted by Gasteiger charge is -2.34. The number of benzene rings is 1. The Morgan fingerprint density at radius 3 is 2.67 bits per heavy atom. The molecule has 1 aliphatic rings. The Labute approximate surface area is 125 Å². The first-order chi connectivity index (χ1) is 9.94. The molecule has 1 saturated heterocycles. The van der Waals surface area contributed by atoms with E-state index in [2.05, 4.69) is 24.1 Å².